The molecule has 1 atom stereocenters. The summed E-state index contributed by atoms with van der Waals surface area (Å²) >= 11 is 0. The molecule has 1 nitrogen and oxygen atoms in total. The standard InChI is InChI=1S/C15H18O/c1-6-15(5)8-7-13-11(3)9-10(2)12(4)14(13)16-15/h1,9H,7-8H2,2-5H3. The van der Waals surface area contributed by atoms with E-state index in [1.165, 1.54) is 22.3 Å². The van der Waals surface area contributed by atoms with Gasteiger partial charge in [0.2, 0.25) is 0 Å². The zero-order chi connectivity index (χ0) is 11.9. The molecule has 1 unspecified atom stereocenters. The summed E-state index contributed by atoms with van der Waals surface area (Å²) in [5.74, 6) is 3.78. The van der Waals surface area contributed by atoms with Gasteiger partial charge in [0.25, 0.3) is 0 Å². The van der Waals surface area contributed by atoms with Gasteiger partial charge in [0.15, 0.2) is 5.60 Å². The average Bonchev–Trinajstić information content (AvgIpc) is 2.26. The molecule has 0 N–H and O–H groups in total. The second-order valence-corrected chi connectivity index (χ2v) is 4.92. The molecule has 0 bridgehead atoms. The number of fused-ring (bicyclic) bond motifs is 1. The Hall–Kier alpha value is -1.42. The van der Waals surface area contributed by atoms with Crippen molar-refractivity contribution in [2.75, 3.05) is 0 Å². The largest absolute Gasteiger partial charge is 0.474 e. The van der Waals surface area contributed by atoms with E-state index < -0.39 is 5.60 Å². The first kappa shape index (κ1) is 11.1. The van der Waals surface area contributed by atoms with Crippen LogP contribution in [0.3, 0.4) is 0 Å². The molecule has 1 aliphatic heterocycles. The van der Waals surface area contributed by atoms with Crippen molar-refractivity contribution >= 4 is 0 Å². The lowest BCUT2D eigenvalue weighted by molar-refractivity contribution is 0.123. The van der Waals surface area contributed by atoms with Crippen LogP contribution in [0.1, 0.15) is 35.6 Å². The molecular weight excluding hydrogens is 196 g/mol. The molecular formula is C15H18O. The molecule has 1 aromatic rings. The first-order valence-electron chi connectivity index (χ1n) is 5.73. The second-order valence-electron chi connectivity index (χ2n) is 4.92. The highest BCUT2D eigenvalue weighted by molar-refractivity contribution is 5.51. The van der Waals surface area contributed by atoms with E-state index in [2.05, 4.69) is 32.8 Å². The number of ether oxygens (including phenoxy) is 1. The van der Waals surface area contributed by atoms with Gasteiger partial charge in [0, 0.05) is 6.42 Å². The van der Waals surface area contributed by atoms with Crippen molar-refractivity contribution in [1.29, 1.82) is 0 Å². The lowest BCUT2D eigenvalue weighted by atomic mass is 9.88. The number of hydrogen-bond acceptors (Lipinski definition) is 1. The van der Waals surface area contributed by atoms with Crippen molar-refractivity contribution in [3.8, 4) is 18.1 Å². The van der Waals surface area contributed by atoms with Crippen molar-refractivity contribution in [1.82, 2.24) is 0 Å². The van der Waals surface area contributed by atoms with Crippen LogP contribution in [0.5, 0.6) is 5.75 Å². The third-order valence-corrected chi connectivity index (χ3v) is 3.60. The summed E-state index contributed by atoms with van der Waals surface area (Å²) in [4.78, 5) is 0. The van der Waals surface area contributed by atoms with Crippen LogP contribution in [-0.2, 0) is 6.42 Å². The minimum atomic E-state index is -0.433. The summed E-state index contributed by atoms with van der Waals surface area (Å²) in [7, 11) is 0. The summed E-state index contributed by atoms with van der Waals surface area (Å²) in [5, 5.41) is 0. The van der Waals surface area contributed by atoms with Gasteiger partial charge in [0.1, 0.15) is 5.75 Å². The molecule has 0 fully saturated rings. The van der Waals surface area contributed by atoms with E-state index in [9.17, 15) is 0 Å². The van der Waals surface area contributed by atoms with Gasteiger partial charge in [-0.25, -0.2) is 0 Å². The van der Waals surface area contributed by atoms with E-state index in [1.807, 2.05) is 6.92 Å². The molecule has 2 rings (SSSR count). The van der Waals surface area contributed by atoms with E-state index in [-0.39, 0.29) is 0 Å². The molecule has 0 amide bonds. The van der Waals surface area contributed by atoms with Crippen LogP contribution < -0.4 is 4.74 Å². The van der Waals surface area contributed by atoms with Gasteiger partial charge in [-0.3, -0.25) is 0 Å². The van der Waals surface area contributed by atoms with Crippen LogP contribution in [0, 0.1) is 33.1 Å². The van der Waals surface area contributed by atoms with Crippen molar-refractivity contribution in [3.63, 3.8) is 0 Å². The van der Waals surface area contributed by atoms with E-state index in [0.29, 0.717) is 0 Å². The lowest BCUT2D eigenvalue weighted by Crippen LogP contribution is -2.35. The topological polar surface area (TPSA) is 9.23 Å². The molecule has 0 aliphatic carbocycles. The zero-order valence-electron chi connectivity index (χ0n) is 10.5. The Labute approximate surface area is 97.8 Å². The summed E-state index contributed by atoms with van der Waals surface area (Å²) in [6, 6.07) is 2.23. The maximum absolute atomic E-state index is 6.02. The van der Waals surface area contributed by atoms with Gasteiger partial charge < -0.3 is 4.74 Å². The van der Waals surface area contributed by atoms with Gasteiger partial charge in [-0.1, -0.05) is 12.0 Å². The Bertz CT molecular complexity index is 479. The summed E-state index contributed by atoms with van der Waals surface area (Å²) in [5.41, 5.74) is 4.71. The lowest BCUT2D eigenvalue weighted by Gasteiger charge is -2.33. The fourth-order valence-corrected chi connectivity index (χ4v) is 2.29. The fraction of sp³-hybridized carbons (Fsp3) is 0.467. The number of terminal acetylenes is 1. The number of benzene rings is 1. The summed E-state index contributed by atoms with van der Waals surface area (Å²) in [6.07, 6.45) is 7.47. The van der Waals surface area contributed by atoms with E-state index >= 15 is 0 Å². The first-order valence-corrected chi connectivity index (χ1v) is 5.73. The molecule has 16 heavy (non-hydrogen) atoms. The molecule has 84 valence electrons. The first-order chi connectivity index (χ1) is 7.47. The highest BCUT2D eigenvalue weighted by Crippen LogP contribution is 2.38. The van der Waals surface area contributed by atoms with Crippen molar-refractivity contribution in [3.05, 3.63) is 28.3 Å². The fourth-order valence-electron chi connectivity index (χ4n) is 2.29. The van der Waals surface area contributed by atoms with Crippen LogP contribution in [0.25, 0.3) is 0 Å². The molecule has 0 radical (unpaired) electrons. The predicted octanol–water partition coefficient (Wildman–Crippen LogP) is 3.33. The maximum atomic E-state index is 6.02. The molecule has 1 aliphatic rings. The Morgan fingerprint density at radius 2 is 2.00 bits per heavy atom. The zero-order valence-corrected chi connectivity index (χ0v) is 10.5. The van der Waals surface area contributed by atoms with Gasteiger partial charge >= 0.3 is 0 Å². The van der Waals surface area contributed by atoms with Crippen molar-refractivity contribution in [2.45, 2.75) is 46.1 Å². The summed E-state index contributed by atoms with van der Waals surface area (Å²) < 4.78 is 6.02. The highest BCUT2D eigenvalue weighted by Gasteiger charge is 2.31. The number of rotatable bonds is 0. The molecule has 0 spiro atoms. The monoisotopic (exact) mass is 214 g/mol. The molecule has 1 heteroatoms. The smallest absolute Gasteiger partial charge is 0.166 e. The maximum Gasteiger partial charge on any atom is 0.166 e. The SMILES string of the molecule is C#CC1(C)CCc2c(C)cc(C)c(C)c2O1. The number of hydrogen-bond donors (Lipinski definition) is 0. The molecule has 1 aromatic carbocycles. The normalized spacial score (nSPS) is 23.2. The third-order valence-electron chi connectivity index (χ3n) is 3.60. The Morgan fingerprint density at radius 3 is 2.62 bits per heavy atom. The van der Waals surface area contributed by atoms with E-state index in [0.717, 1.165) is 18.6 Å². The molecule has 0 aromatic heterocycles. The van der Waals surface area contributed by atoms with Crippen LogP contribution in [0.2, 0.25) is 0 Å². The van der Waals surface area contributed by atoms with Crippen LogP contribution >= 0.6 is 0 Å². The van der Waals surface area contributed by atoms with Crippen molar-refractivity contribution in [2.24, 2.45) is 0 Å². The van der Waals surface area contributed by atoms with E-state index in [4.69, 9.17) is 11.2 Å². The second kappa shape index (κ2) is 3.56. The van der Waals surface area contributed by atoms with Crippen LogP contribution in [0.4, 0.5) is 0 Å². The van der Waals surface area contributed by atoms with E-state index in [1.54, 1.807) is 0 Å². The highest BCUT2D eigenvalue weighted by atomic mass is 16.5. The Kier molecular flexibility index (Phi) is 2.46. The minimum absolute atomic E-state index is 0.433. The summed E-state index contributed by atoms with van der Waals surface area (Å²) in [6.45, 7) is 8.36. The molecule has 0 saturated carbocycles. The Balaban J connectivity index is 2.57. The van der Waals surface area contributed by atoms with Gasteiger partial charge in [-0.05, 0) is 56.4 Å². The minimum Gasteiger partial charge on any atom is -0.474 e. The molecule has 1 heterocycles. The average molecular weight is 214 g/mol. The van der Waals surface area contributed by atoms with Gasteiger partial charge in [-0.15, -0.1) is 6.42 Å². The van der Waals surface area contributed by atoms with Crippen molar-refractivity contribution < 1.29 is 4.74 Å². The quantitative estimate of drug-likeness (QED) is 0.602. The predicted molar refractivity (Wildman–Crippen MR) is 66.8 cm³/mol. The number of aryl methyl sites for hydroxylation is 2. The Morgan fingerprint density at radius 1 is 1.31 bits per heavy atom. The van der Waals surface area contributed by atoms with Gasteiger partial charge in [-0.2, -0.15) is 0 Å². The van der Waals surface area contributed by atoms with Gasteiger partial charge in [0.05, 0.1) is 0 Å². The molecule has 0 saturated heterocycles. The third kappa shape index (κ3) is 1.59. The van der Waals surface area contributed by atoms with Crippen LogP contribution in [-0.4, -0.2) is 5.60 Å². The van der Waals surface area contributed by atoms with Crippen LogP contribution in [0.15, 0.2) is 6.07 Å².